The minimum Gasteiger partial charge on any atom is -0.325 e. The first-order valence-corrected chi connectivity index (χ1v) is 8.42. The van der Waals surface area contributed by atoms with E-state index in [2.05, 4.69) is 12.2 Å². The Labute approximate surface area is 134 Å². The molecule has 2 nitrogen and oxygen atoms in total. The van der Waals surface area contributed by atoms with Crippen molar-refractivity contribution in [2.24, 2.45) is 0 Å². The lowest BCUT2D eigenvalue weighted by atomic mass is 10.1. The summed E-state index contributed by atoms with van der Waals surface area (Å²) in [5, 5.41) is 3.71. The summed E-state index contributed by atoms with van der Waals surface area (Å²) in [6.45, 7) is 2.08. The maximum absolute atomic E-state index is 12.0. The summed E-state index contributed by atoms with van der Waals surface area (Å²) in [7, 11) is 0. The van der Waals surface area contributed by atoms with Gasteiger partial charge in [-0.05, 0) is 35.7 Å². The third-order valence-corrected chi connectivity index (χ3v) is 4.34. The van der Waals surface area contributed by atoms with Gasteiger partial charge in [0.05, 0.1) is 5.75 Å². The summed E-state index contributed by atoms with van der Waals surface area (Å²) < 4.78 is 0. The van der Waals surface area contributed by atoms with E-state index in [0.717, 1.165) is 28.4 Å². The second-order valence-corrected chi connectivity index (χ2v) is 6.10. The number of carbonyl (C=O) groups excluding carboxylic acids is 1. The molecule has 0 atom stereocenters. The molecule has 0 aromatic heterocycles. The van der Waals surface area contributed by atoms with Crippen molar-refractivity contribution in [1.29, 1.82) is 0 Å². The monoisotopic (exact) mass is 319 g/mol. The molecule has 2 aromatic rings. The van der Waals surface area contributed by atoms with Gasteiger partial charge in [0.15, 0.2) is 0 Å². The van der Waals surface area contributed by atoms with Crippen LogP contribution in [0.1, 0.15) is 18.1 Å². The van der Waals surface area contributed by atoms with Crippen LogP contribution in [0.15, 0.2) is 48.5 Å². The third kappa shape index (κ3) is 5.10. The number of anilines is 1. The van der Waals surface area contributed by atoms with Gasteiger partial charge < -0.3 is 5.32 Å². The van der Waals surface area contributed by atoms with Crippen LogP contribution >= 0.6 is 23.4 Å². The molecule has 0 aliphatic rings. The summed E-state index contributed by atoms with van der Waals surface area (Å²) in [6.07, 6.45) is 0.911. The first-order valence-electron chi connectivity index (χ1n) is 6.89. The van der Waals surface area contributed by atoms with E-state index in [-0.39, 0.29) is 5.91 Å². The van der Waals surface area contributed by atoms with Crippen LogP contribution in [-0.4, -0.2) is 11.7 Å². The molecule has 2 aromatic carbocycles. The Hall–Kier alpha value is -1.45. The number of halogens is 1. The molecule has 1 amide bonds. The molecule has 110 valence electrons. The van der Waals surface area contributed by atoms with Crippen LogP contribution in [0.4, 0.5) is 5.69 Å². The number of hydrogen-bond donors (Lipinski definition) is 1. The number of carbonyl (C=O) groups is 1. The fourth-order valence-corrected chi connectivity index (χ4v) is 2.89. The van der Waals surface area contributed by atoms with E-state index in [4.69, 9.17) is 11.6 Å². The fraction of sp³-hybridized carbons (Fsp3) is 0.235. The highest BCUT2D eigenvalue weighted by atomic mass is 35.5. The molecule has 0 spiro atoms. The van der Waals surface area contributed by atoms with Crippen LogP contribution in [0.5, 0.6) is 0 Å². The second-order valence-electron chi connectivity index (χ2n) is 4.68. The molecular weight excluding hydrogens is 302 g/mol. The van der Waals surface area contributed by atoms with Crippen molar-refractivity contribution in [2.45, 2.75) is 19.1 Å². The maximum Gasteiger partial charge on any atom is 0.234 e. The van der Waals surface area contributed by atoms with E-state index < -0.39 is 0 Å². The van der Waals surface area contributed by atoms with Gasteiger partial charge in [-0.2, -0.15) is 0 Å². The predicted octanol–water partition coefficient (Wildman–Crippen LogP) is 4.77. The van der Waals surface area contributed by atoms with Gasteiger partial charge in [-0.1, -0.05) is 48.9 Å². The van der Waals surface area contributed by atoms with E-state index in [1.165, 1.54) is 5.56 Å². The highest BCUT2D eigenvalue weighted by molar-refractivity contribution is 7.99. The number of aryl methyl sites for hydroxylation is 1. The highest BCUT2D eigenvalue weighted by Gasteiger charge is 2.05. The third-order valence-electron chi connectivity index (χ3n) is 3.09. The van der Waals surface area contributed by atoms with Gasteiger partial charge in [0.25, 0.3) is 0 Å². The Kier molecular flexibility index (Phi) is 6.15. The summed E-state index contributed by atoms with van der Waals surface area (Å²) in [6, 6.07) is 15.6. The van der Waals surface area contributed by atoms with Crippen molar-refractivity contribution in [3.8, 4) is 0 Å². The second kappa shape index (κ2) is 8.11. The zero-order valence-electron chi connectivity index (χ0n) is 11.9. The molecule has 0 unspecified atom stereocenters. The fourth-order valence-electron chi connectivity index (χ4n) is 1.98. The Morgan fingerprint density at radius 2 is 1.86 bits per heavy atom. The molecule has 0 saturated heterocycles. The number of amides is 1. The van der Waals surface area contributed by atoms with Gasteiger partial charge in [-0.3, -0.25) is 4.79 Å². The Balaban J connectivity index is 1.81. The maximum atomic E-state index is 12.0. The minimum absolute atomic E-state index is 0.0369. The number of nitrogens with one attached hydrogen (secondary N) is 1. The summed E-state index contributed by atoms with van der Waals surface area (Å²) >= 11 is 7.44. The van der Waals surface area contributed by atoms with Crippen LogP contribution < -0.4 is 5.32 Å². The molecule has 2 rings (SSSR count). The van der Waals surface area contributed by atoms with E-state index in [1.807, 2.05) is 48.5 Å². The summed E-state index contributed by atoms with van der Waals surface area (Å²) in [4.78, 5) is 12.0. The zero-order valence-corrected chi connectivity index (χ0v) is 13.5. The van der Waals surface area contributed by atoms with Crippen molar-refractivity contribution >= 4 is 35.0 Å². The minimum atomic E-state index is 0.0369. The number of benzene rings is 2. The summed E-state index contributed by atoms with van der Waals surface area (Å²) in [5.74, 6) is 1.29. The van der Waals surface area contributed by atoms with Crippen molar-refractivity contribution < 1.29 is 4.79 Å². The van der Waals surface area contributed by atoms with Crippen LogP contribution in [0, 0.1) is 0 Å². The van der Waals surface area contributed by atoms with Gasteiger partial charge in [-0.25, -0.2) is 0 Å². The SMILES string of the molecule is CCc1ccccc1NC(=O)CSCc1ccc(Cl)cc1. The zero-order chi connectivity index (χ0) is 15.1. The van der Waals surface area contributed by atoms with Crippen LogP contribution in [-0.2, 0) is 17.0 Å². The van der Waals surface area contributed by atoms with Crippen LogP contribution in [0.3, 0.4) is 0 Å². The molecule has 0 aliphatic carbocycles. The van der Waals surface area contributed by atoms with Gasteiger partial charge in [0.1, 0.15) is 0 Å². The summed E-state index contributed by atoms with van der Waals surface area (Å²) in [5.41, 5.74) is 3.25. The molecule has 0 radical (unpaired) electrons. The quantitative estimate of drug-likeness (QED) is 0.830. The normalized spacial score (nSPS) is 10.4. The topological polar surface area (TPSA) is 29.1 Å². The van der Waals surface area contributed by atoms with E-state index in [9.17, 15) is 4.79 Å². The van der Waals surface area contributed by atoms with Crippen molar-refractivity contribution in [2.75, 3.05) is 11.1 Å². The average molecular weight is 320 g/mol. The molecule has 4 heteroatoms. The highest BCUT2D eigenvalue weighted by Crippen LogP contribution is 2.18. The van der Waals surface area contributed by atoms with Gasteiger partial charge in [0, 0.05) is 16.5 Å². The van der Waals surface area contributed by atoms with Gasteiger partial charge in [-0.15, -0.1) is 11.8 Å². The Bertz CT molecular complexity index is 598. The number of para-hydroxylation sites is 1. The molecule has 0 heterocycles. The molecule has 21 heavy (non-hydrogen) atoms. The molecular formula is C17H18ClNOS. The Morgan fingerprint density at radius 3 is 2.57 bits per heavy atom. The number of rotatable bonds is 6. The van der Waals surface area contributed by atoms with E-state index >= 15 is 0 Å². The largest absolute Gasteiger partial charge is 0.325 e. The van der Waals surface area contributed by atoms with Crippen molar-refractivity contribution in [3.05, 3.63) is 64.7 Å². The smallest absolute Gasteiger partial charge is 0.234 e. The molecule has 0 fully saturated rings. The predicted molar refractivity (Wildman–Crippen MR) is 92.1 cm³/mol. The van der Waals surface area contributed by atoms with Crippen LogP contribution in [0.25, 0.3) is 0 Å². The molecule has 0 saturated carbocycles. The Morgan fingerprint density at radius 1 is 1.14 bits per heavy atom. The lowest BCUT2D eigenvalue weighted by molar-refractivity contribution is -0.113. The average Bonchev–Trinajstić information content (AvgIpc) is 2.50. The lowest BCUT2D eigenvalue weighted by Gasteiger charge is -2.09. The molecule has 0 bridgehead atoms. The lowest BCUT2D eigenvalue weighted by Crippen LogP contribution is -2.15. The van der Waals surface area contributed by atoms with Gasteiger partial charge >= 0.3 is 0 Å². The van der Waals surface area contributed by atoms with E-state index in [1.54, 1.807) is 11.8 Å². The standard InChI is InChI=1S/C17H18ClNOS/c1-2-14-5-3-4-6-16(14)19-17(20)12-21-11-13-7-9-15(18)10-8-13/h3-10H,2,11-12H2,1H3,(H,19,20). The first kappa shape index (κ1) is 15.9. The number of hydrogen-bond acceptors (Lipinski definition) is 2. The van der Waals surface area contributed by atoms with E-state index in [0.29, 0.717) is 5.75 Å². The van der Waals surface area contributed by atoms with Crippen molar-refractivity contribution in [3.63, 3.8) is 0 Å². The van der Waals surface area contributed by atoms with Crippen LogP contribution in [0.2, 0.25) is 5.02 Å². The number of thioether (sulfide) groups is 1. The first-order chi connectivity index (χ1) is 10.2. The molecule has 0 aliphatic heterocycles. The van der Waals surface area contributed by atoms with Crippen molar-refractivity contribution in [1.82, 2.24) is 0 Å². The molecule has 1 N–H and O–H groups in total. The van der Waals surface area contributed by atoms with Gasteiger partial charge in [0.2, 0.25) is 5.91 Å².